The minimum absolute atomic E-state index is 0.0487. The topological polar surface area (TPSA) is 67.2 Å². The number of amides is 1. The van der Waals surface area contributed by atoms with Gasteiger partial charge < -0.3 is 10.4 Å². The highest BCUT2D eigenvalue weighted by Gasteiger charge is 2.29. The molecule has 1 aliphatic rings. The van der Waals surface area contributed by atoms with Gasteiger partial charge in [-0.3, -0.25) is 9.48 Å². The summed E-state index contributed by atoms with van der Waals surface area (Å²) in [6, 6.07) is 1.88. The van der Waals surface area contributed by atoms with Crippen LogP contribution in [0.1, 0.15) is 63.6 Å². The molecule has 0 spiro atoms. The molecule has 1 aromatic heterocycles. The van der Waals surface area contributed by atoms with Gasteiger partial charge in [0.15, 0.2) is 0 Å². The van der Waals surface area contributed by atoms with Crippen LogP contribution in [0.2, 0.25) is 0 Å². The first-order chi connectivity index (χ1) is 9.62. The van der Waals surface area contributed by atoms with E-state index in [0.29, 0.717) is 11.6 Å². The molecule has 2 rings (SSSR count). The fourth-order valence-corrected chi connectivity index (χ4v) is 2.23. The smallest absolute Gasteiger partial charge is 0.272 e. The molecule has 1 heterocycles. The Morgan fingerprint density at radius 1 is 1.38 bits per heavy atom. The van der Waals surface area contributed by atoms with Crippen molar-refractivity contribution in [2.24, 2.45) is 5.92 Å². The second kappa shape index (κ2) is 5.44. The van der Waals surface area contributed by atoms with Gasteiger partial charge in [0, 0.05) is 17.7 Å². The number of nitrogens with zero attached hydrogens (tertiary/aromatic N) is 2. The van der Waals surface area contributed by atoms with E-state index in [1.165, 1.54) is 12.8 Å². The molecule has 0 saturated heterocycles. The summed E-state index contributed by atoms with van der Waals surface area (Å²) in [5.41, 5.74) is 0.829. The van der Waals surface area contributed by atoms with Gasteiger partial charge in [-0.15, -0.1) is 0 Å². The lowest BCUT2D eigenvalue weighted by atomic mass is 9.91. The predicted octanol–water partition coefficient (Wildman–Crippen LogP) is 2.09. The lowest BCUT2D eigenvalue weighted by molar-refractivity contribution is 0.0863. The molecule has 1 aliphatic carbocycles. The number of carbonyl (C=O) groups excluding carboxylic acids is 1. The molecule has 5 heteroatoms. The van der Waals surface area contributed by atoms with E-state index < -0.39 is 5.54 Å². The van der Waals surface area contributed by atoms with E-state index in [2.05, 4.69) is 31.2 Å². The van der Waals surface area contributed by atoms with Gasteiger partial charge in [-0.2, -0.15) is 5.10 Å². The molecule has 1 amide bonds. The fourth-order valence-electron chi connectivity index (χ4n) is 2.23. The standard InChI is InChI=1S/C16H27N3O2/c1-15(2,3)13-8-12(14(21)17-16(4,5)10-20)18-19(13)9-11-6-7-11/h8,11,20H,6-7,9-10H2,1-5H3,(H,17,21). The molecule has 0 aromatic carbocycles. The predicted molar refractivity (Wildman–Crippen MR) is 82.3 cm³/mol. The van der Waals surface area contributed by atoms with Gasteiger partial charge in [-0.25, -0.2) is 0 Å². The van der Waals surface area contributed by atoms with Crippen LogP contribution in [0.4, 0.5) is 0 Å². The Labute approximate surface area is 126 Å². The summed E-state index contributed by atoms with van der Waals surface area (Å²) in [6.07, 6.45) is 2.50. The summed E-state index contributed by atoms with van der Waals surface area (Å²) < 4.78 is 1.98. The monoisotopic (exact) mass is 293 g/mol. The van der Waals surface area contributed by atoms with Gasteiger partial charge in [0.05, 0.1) is 12.1 Å². The van der Waals surface area contributed by atoms with Crippen LogP contribution in [0.15, 0.2) is 6.07 Å². The molecule has 21 heavy (non-hydrogen) atoms. The van der Waals surface area contributed by atoms with Gasteiger partial charge in [0.2, 0.25) is 0 Å². The molecule has 0 radical (unpaired) electrons. The Hall–Kier alpha value is -1.36. The quantitative estimate of drug-likeness (QED) is 0.873. The average Bonchev–Trinajstić information content (AvgIpc) is 3.04. The van der Waals surface area contributed by atoms with Crippen LogP contribution in [0, 0.1) is 5.92 Å². The van der Waals surface area contributed by atoms with Crippen molar-refractivity contribution >= 4 is 5.91 Å². The number of aliphatic hydroxyl groups excluding tert-OH is 1. The van der Waals surface area contributed by atoms with E-state index in [1.807, 2.05) is 10.7 Å². The average molecular weight is 293 g/mol. The van der Waals surface area contributed by atoms with Gasteiger partial charge in [0.25, 0.3) is 5.91 Å². The molecule has 0 aliphatic heterocycles. The molecule has 1 aromatic rings. The summed E-state index contributed by atoms with van der Waals surface area (Å²) in [6.45, 7) is 10.8. The van der Waals surface area contributed by atoms with Crippen molar-refractivity contribution in [3.8, 4) is 0 Å². The molecule has 2 N–H and O–H groups in total. The Morgan fingerprint density at radius 2 is 2.00 bits per heavy atom. The fraction of sp³-hybridized carbons (Fsp3) is 0.750. The van der Waals surface area contributed by atoms with E-state index in [1.54, 1.807) is 13.8 Å². The van der Waals surface area contributed by atoms with Gasteiger partial charge >= 0.3 is 0 Å². The Bertz CT molecular complexity index is 522. The maximum Gasteiger partial charge on any atom is 0.272 e. The van der Waals surface area contributed by atoms with Crippen LogP contribution in [0.25, 0.3) is 0 Å². The van der Waals surface area contributed by atoms with Crippen LogP contribution >= 0.6 is 0 Å². The third-order valence-electron chi connectivity index (χ3n) is 3.76. The summed E-state index contributed by atoms with van der Waals surface area (Å²) >= 11 is 0. The lowest BCUT2D eigenvalue weighted by Gasteiger charge is -2.22. The van der Waals surface area contributed by atoms with Crippen molar-refractivity contribution in [3.63, 3.8) is 0 Å². The summed E-state index contributed by atoms with van der Waals surface area (Å²) in [5, 5.41) is 16.6. The van der Waals surface area contributed by atoms with Crippen molar-refractivity contribution in [3.05, 3.63) is 17.5 Å². The summed E-state index contributed by atoms with van der Waals surface area (Å²) in [5.74, 6) is 0.477. The minimum atomic E-state index is -0.640. The van der Waals surface area contributed by atoms with Crippen LogP contribution in [0.3, 0.4) is 0 Å². The highest BCUT2D eigenvalue weighted by molar-refractivity contribution is 5.92. The van der Waals surface area contributed by atoms with Crippen molar-refractivity contribution in [2.75, 3.05) is 6.61 Å². The highest BCUT2D eigenvalue weighted by Crippen LogP contribution is 2.32. The number of rotatable bonds is 5. The van der Waals surface area contributed by atoms with Crippen molar-refractivity contribution in [2.45, 2.75) is 65.0 Å². The second-order valence-electron chi connectivity index (χ2n) is 7.79. The largest absolute Gasteiger partial charge is 0.394 e. The third kappa shape index (κ3) is 4.06. The number of carbonyl (C=O) groups is 1. The Kier molecular flexibility index (Phi) is 4.15. The molecular formula is C16H27N3O2. The van der Waals surface area contributed by atoms with E-state index in [0.717, 1.165) is 12.2 Å². The van der Waals surface area contributed by atoms with Crippen molar-refractivity contribution in [1.29, 1.82) is 0 Å². The molecule has 1 fully saturated rings. The minimum Gasteiger partial charge on any atom is -0.394 e. The zero-order chi connectivity index (χ0) is 15.8. The molecule has 0 unspecified atom stereocenters. The van der Waals surface area contributed by atoms with Gasteiger partial charge in [-0.1, -0.05) is 20.8 Å². The normalized spacial score (nSPS) is 16.1. The first-order valence-electron chi connectivity index (χ1n) is 7.64. The SMILES string of the molecule is CC(C)(CO)NC(=O)c1cc(C(C)(C)C)n(CC2CC2)n1. The molecule has 5 nitrogen and oxygen atoms in total. The van der Waals surface area contributed by atoms with Crippen LogP contribution in [0.5, 0.6) is 0 Å². The van der Waals surface area contributed by atoms with Gasteiger partial charge in [-0.05, 0) is 38.7 Å². The van der Waals surface area contributed by atoms with E-state index in [4.69, 9.17) is 0 Å². The highest BCUT2D eigenvalue weighted by atomic mass is 16.3. The first-order valence-corrected chi connectivity index (χ1v) is 7.64. The van der Waals surface area contributed by atoms with E-state index in [9.17, 15) is 9.90 Å². The number of nitrogens with one attached hydrogen (secondary N) is 1. The third-order valence-corrected chi connectivity index (χ3v) is 3.76. The van der Waals surface area contributed by atoms with Crippen LogP contribution < -0.4 is 5.32 Å². The number of hydrogen-bond acceptors (Lipinski definition) is 3. The van der Waals surface area contributed by atoms with Gasteiger partial charge in [0.1, 0.15) is 5.69 Å². The number of hydrogen-bond donors (Lipinski definition) is 2. The second-order valence-corrected chi connectivity index (χ2v) is 7.79. The van der Waals surface area contributed by atoms with Crippen LogP contribution in [-0.4, -0.2) is 32.9 Å². The van der Waals surface area contributed by atoms with Crippen LogP contribution in [-0.2, 0) is 12.0 Å². The summed E-state index contributed by atoms with van der Waals surface area (Å²) in [7, 11) is 0. The zero-order valence-electron chi connectivity index (χ0n) is 13.7. The summed E-state index contributed by atoms with van der Waals surface area (Å²) in [4.78, 5) is 12.3. The molecule has 0 bridgehead atoms. The maximum absolute atomic E-state index is 12.3. The molecule has 118 valence electrons. The molecule has 1 saturated carbocycles. The maximum atomic E-state index is 12.3. The molecule has 0 atom stereocenters. The first kappa shape index (κ1) is 16.0. The van der Waals surface area contributed by atoms with Crippen molar-refractivity contribution in [1.82, 2.24) is 15.1 Å². The Morgan fingerprint density at radius 3 is 2.48 bits per heavy atom. The lowest BCUT2D eigenvalue weighted by Crippen LogP contribution is -2.46. The number of aromatic nitrogens is 2. The van der Waals surface area contributed by atoms with E-state index in [-0.39, 0.29) is 17.9 Å². The Balaban J connectivity index is 2.23. The zero-order valence-corrected chi connectivity index (χ0v) is 13.7. The number of aliphatic hydroxyl groups is 1. The van der Waals surface area contributed by atoms with E-state index >= 15 is 0 Å². The van der Waals surface area contributed by atoms with Crippen molar-refractivity contribution < 1.29 is 9.90 Å². The molecular weight excluding hydrogens is 266 g/mol.